The number of carbonyl (C=O) groups is 1. The van der Waals surface area contributed by atoms with E-state index in [1.807, 2.05) is 13.8 Å². The highest BCUT2D eigenvalue weighted by Crippen LogP contribution is 2.14. The third-order valence-electron chi connectivity index (χ3n) is 2.82. The molecule has 14 heavy (non-hydrogen) atoms. The molecule has 0 bridgehead atoms. The summed E-state index contributed by atoms with van der Waals surface area (Å²) in [5.41, 5.74) is -0.327. The molecule has 0 aromatic carbocycles. The smallest absolute Gasteiger partial charge is 0.236 e. The van der Waals surface area contributed by atoms with Gasteiger partial charge in [-0.25, -0.2) is 0 Å². The Hall–Kier alpha value is -0.610. The molecular formula is C10H22N2O2. The Labute approximate surface area is 86.1 Å². The standard InChI is InChI=1S/C10H22N2O2/c1-5-10(6-2,7-13)12-8(3)9(14)11-4/h8,12-13H,5-7H2,1-4H3,(H,11,14). The van der Waals surface area contributed by atoms with Gasteiger partial charge in [-0.05, 0) is 19.8 Å². The second-order valence-electron chi connectivity index (χ2n) is 3.63. The average molecular weight is 202 g/mol. The van der Waals surface area contributed by atoms with E-state index in [-0.39, 0.29) is 24.1 Å². The monoisotopic (exact) mass is 202 g/mol. The van der Waals surface area contributed by atoms with Crippen molar-refractivity contribution >= 4 is 5.91 Å². The van der Waals surface area contributed by atoms with Crippen LogP contribution < -0.4 is 10.6 Å². The van der Waals surface area contributed by atoms with Crippen LogP contribution in [0.25, 0.3) is 0 Å². The normalized spacial score (nSPS) is 13.8. The van der Waals surface area contributed by atoms with E-state index in [0.717, 1.165) is 12.8 Å². The Bertz CT molecular complexity index is 171. The van der Waals surface area contributed by atoms with Crippen molar-refractivity contribution in [2.24, 2.45) is 0 Å². The molecule has 0 spiro atoms. The Kier molecular flexibility index (Phi) is 5.72. The Morgan fingerprint density at radius 2 is 1.93 bits per heavy atom. The van der Waals surface area contributed by atoms with E-state index in [4.69, 9.17) is 0 Å². The first-order valence-electron chi connectivity index (χ1n) is 5.15. The molecule has 0 aliphatic heterocycles. The summed E-state index contributed by atoms with van der Waals surface area (Å²) in [4.78, 5) is 11.3. The van der Waals surface area contributed by atoms with Gasteiger partial charge in [0.25, 0.3) is 0 Å². The minimum atomic E-state index is -0.327. The largest absolute Gasteiger partial charge is 0.394 e. The van der Waals surface area contributed by atoms with Gasteiger partial charge in [0.15, 0.2) is 0 Å². The minimum Gasteiger partial charge on any atom is -0.394 e. The summed E-state index contributed by atoms with van der Waals surface area (Å²) >= 11 is 0. The van der Waals surface area contributed by atoms with Crippen molar-refractivity contribution in [1.82, 2.24) is 10.6 Å². The third kappa shape index (κ3) is 3.27. The predicted molar refractivity (Wildman–Crippen MR) is 57.1 cm³/mol. The molecule has 0 rings (SSSR count). The molecule has 0 saturated carbocycles. The molecule has 0 fully saturated rings. The molecule has 0 aromatic rings. The number of hydrogen-bond acceptors (Lipinski definition) is 3. The zero-order valence-corrected chi connectivity index (χ0v) is 9.55. The molecule has 4 nitrogen and oxygen atoms in total. The van der Waals surface area contributed by atoms with Crippen LogP contribution >= 0.6 is 0 Å². The minimum absolute atomic E-state index is 0.0512. The lowest BCUT2D eigenvalue weighted by atomic mass is 9.93. The van der Waals surface area contributed by atoms with Crippen molar-refractivity contribution in [3.63, 3.8) is 0 Å². The molecule has 4 heteroatoms. The summed E-state index contributed by atoms with van der Waals surface area (Å²) in [7, 11) is 1.61. The van der Waals surface area contributed by atoms with Gasteiger partial charge in [-0.1, -0.05) is 13.8 Å². The SMILES string of the molecule is CCC(CC)(CO)NC(C)C(=O)NC. The first-order chi connectivity index (χ1) is 6.55. The molecule has 1 unspecified atom stereocenters. The van der Waals surface area contributed by atoms with Crippen molar-refractivity contribution in [2.45, 2.75) is 45.2 Å². The molecule has 1 atom stereocenters. The quantitative estimate of drug-likeness (QED) is 0.579. The van der Waals surface area contributed by atoms with Crippen molar-refractivity contribution in [3.8, 4) is 0 Å². The van der Waals surface area contributed by atoms with Gasteiger partial charge in [0.2, 0.25) is 5.91 Å². The molecular weight excluding hydrogens is 180 g/mol. The van der Waals surface area contributed by atoms with Gasteiger partial charge in [0, 0.05) is 12.6 Å². The van der Waals surface area contributed by atoms with Gasteiger partial charge in [0.05, 0.1) is 12.6 Å². The second kappa shape index (κ2) is 5.98. The summed E-state index contributed by atoms with van der Waals surface area (Å²) in [5.74, 6) is -0.0512. The molecule has 0 heterocycles. The van der Waals surface area contributed by atoms with Crippen LogP contribution in [0.15, 0.2) is 0 Å². The second-order valence-corrected chi connectivity index (χ2v) is 3.63. The molecule has 0 aliphatic carbocycles. The number of likely N-dealkylation sites (N-methyl/N-ethyl adjacent to an activating group) is 1. The Balaban J connectivity index is 4.36. The summed E-state index contributed by atoms with van der Waals surface area (Å²) < 4.78 is 0. The molecule has 84 valence electrons. The number of aliphatic hydroxyl groups excluding tert-OH is 1. The van der Waals surface area contributed by atoms with Gasteiger partial charge < -0.3 is 10.4 Å². The van der Waals surface area contributed by atoms with Crippen LogP contribution in [0.3, 0.4) is 0 Å². The van der Waals surface area contributed by atoms with E-state index in [2.05, 4.69) is 10.6 Å². The fourth-order valence-corrected chi connectivity index (χ4v) is 1.46. The topological polar surface area (TPSA) is 61.4 Å². The fraction of sp³-hybridized carbons (Fsp3) is 0.900. The first-order valence-corrected chi connectivity index (χ1v) is 5.15. The fourth-order valence-electron chi connectivity index (χ4n) is 1.46. The number of rotatable bonds is 6. The first kappa shape index (κ1) is 13.4. The van der Waals surface area contributed by atoms with Crippen molar-refractivity contribution in [3.05, 3.63) is 0 Å². The van der Waals surface area contributed by atoms with E-state index in [0.29, 0.717) is 0 Å². The number of nitrogens with one attached hydrogen (secondary N) is 2. The Morgan fingerprint density at radius 3 is 2.21 bits per heavy atom. The predicted octanol–water partition coefficient (Wildman–Crippen LogP) is 0.262. The summed E-state index contributed by atoms with van der Waals surface area (Å²) in [6.45, 7) is 5.86. The average Bonchev–Trinajstić information content (AvgIpc) is 2.24. The van der Waals surface area contributed by atoms with E-state index >= 15 is 0 Å². The van der Waals surface area contributed by atoms with E-state index in [9.17, 15) is 9.90 Å². The van der Waals surface area contributed by atoms with Crippen LogP contribution in [0.1, 0.15) is 33.6 Å². The highest BCUT2D eigenvalue weighted by Gasteiger charge is 2.28. The van der Waals surface area contributed by atoms with E-state index in [1.165, 1.54) is 0 Å². The molecule has 0 aliphatic rings. The Morgan fingerprint density at radius 1 is 1.43 bits per heavy atom. The molecule has 0 radical (unpaired) electrons. The molecule has 0 aromatic heterocycles. The van der Waals surface area contributed by atoms with Gasteiger partial charge in [-0.15, -0.1) is 0 Å². The number of carbonyl (C=O) groups excluding carboxylic acids is 1. The van der Waals surface area contributed by atoms with Crippen LogP contribution in [-0.2, 0) is 4.79 Å². The van der Waals surface area contributed by atoms with Crippen LogP contribution in [-0.4, -0.2) is 36.2 Å². The summed E-state index contributed by atoms with van der Waals surface area (Å²) in [6, 6.07) is -0.271. The van der Waals surface area contributed by atoms with Crippen LogP contribution in [0, 0.1) is 0 Å². The highest BCUT2D eigenvalue weighted by molar-refractivity contribution is 5.81. The number of aliphatic hydroxyl groups is 1. The maximum Gasteiger partial charge on any atom is 0.236 e. The van der Waals surface area contributed by atoms with Gasteiger partial charge in [-0.3, -0.25) is 10.1 Å². The van der Waals surface area contributed by atoms with E-state index < -0.39 is 0 Å². The van der Waals surface area contributed by atoms with Crippen molar-refractivity contribution in [2.75, 3.05) is 13.7 Å². The summed E-state index contributed by atoms with van der Waals surface area (Å²) in [5, 5.41) is 15.0. The van der Waals surface area contributed by atoms with Crippen molar-refractivity contribution < 1.29 is 9.90 Å². The van der Waals surface area contributed by atoms with Crippen LogP contribution in [0.5, 0.6) is 0 Å². The lowest BCUT2D eigenvalue weighted by molar-refractivity contribution is -0.123. The maximum absolute atomic E-state index is 11.3. The van der Waals surface area contributed by atoms with Gasteiger partial charge >= 0.3 is 0 Å². The highest BCUT2D eigenvalue weighted by atomic mass is 16.3. The zero-order valence-electron chi connectivity index (χ0n) is 9.55. The molecule has 3 N–H and O–H groups in total. The molecule has 0 saturated heterocycles. The van der Waals surface area contributed by atoms with Gasteiger partial charge in [-0.2, -0.15) is 0 Å². The van der Waals surface area contributed by atoms with E-state index in [1.54, 1.807) is 14.0 Å². The lowest BCUT2D eigenvalue weighted by Gasteiger charge is -2.33. The number of amides is 1. The zero-order chi connectivity index (χ0) is 11.2. The maximum atomic E-state index is 11.3. The third-order valence-corrected chi connectivity index (χ3v) is 2.82. The molecule has 1 amide bonds. The van der Waals surface area contributed by atoms with Crippen LogP contribution in [0.2, 0.25) is 0 Å². The lowest BCUT2D eigenvalue weighted by Crippen LogP contribution is -2.55. The van der Waals surface area contributed by atoms with Crippen LogP contribution in [0.4, 0.5) is 0 Å². The van der Waals surface area contributed by atoms with Gasteiger partial charge in [0.1, 0.15) is 0 Å². The number of hydrogen-bond donors (Lipinski definition) is 3. The van der Waals surface area contributed by atoms with Crippen molar-refractivity contribution in [1.29, 1.82) is 0 Å². The summed E-state index contributed by atoms with van der Waals surface area (Å²) in [6.07, 6.45) is 1.61.